The second kappa shape index (κ2) is 8.78. The lowest BCUT2D eigenvalue weighted by Gasteiger charge is -2.23. The van der Waals surface area contributed by atoms with Gasteiger partial charge in [0.25, 0.3) is 0 Å². The molecule has 0 aliphatic carbocycles. The standard InChI is InChI=1S/C23H23FN4O2/c1-23(2,3)30-22(29)28-19(11-15-7-5-4-6-8-15)21-26-14-20(27-21)16-9-10-17(13-25)18(24)12-16/h4-10,12,14,19H,11H2,1-3H3,(H,26,27)(H,28,29)/t19-/m0/s1. The SMILES string of the molecule is CC(C)(C)OC(=O)N[C@@H](Cc1ccccc1)c1ncc(-c2ccc(C#N)c(F)c2)[nH]1. The van der Waals surface area contributed by atoms with Crippen LogP contribution in [0.4, 0.5) is 9.18 Å². The fourth-order valence-electron chi connectivity index (χ4n) is 2.95. The molecule has 0 aliphatic rings. The number of aromatic nitrogens is 2. The van der Waals surface area contributed by atoms with E-state index in [0.29, 0.717) is 23.5 Å². The largest absolute Gasteiger partial charge is 0.444 e. The van der Waals surface area contributed by atoms with Gasteiger partial charge >= 0.3 is 6.09 Å². The van der Waals surface area contributed by atoms with Gasteiger partial charge < -0.3 is 15.0 Å². The molecule has 2 N–H and O–H groups in total. The summed E-state index contributed by atoms with van der Waals surface area (Å²) >= 11 is 0. The normalized spacial score (nSPS) is 12.1. The summed E-state index contributed by atoms with van der Waals surface area (Å²) in [7, 11) is 0. The summed E-state index contributed by atoms with van der Waals surface area (Å²) in [6.07, 6.45) is 1.52. The van der Waals surface area contributed by atoms with Crippen LogP contribution in [0.2, 0.25) is 0 Å². The maximum absolute atomic E-state index is 14.0. The van der Waals surface area contributed by atoms with E-state index in [2.05, 4.69) is 15.3 Å². The predicted molar refractivity (Wildman–Crippen MR) is 111 cm³/mol. The third kappa shape index (κ3) is 5.45. The Balaban J connectivity index is 1.87. The molecule has 3 aromatic rings. The van der Waals surface area contributed by atoms with E-state index < -0.39 is 23.6 Å². The third-order valence-electron chi connectivity index (χ3n) is 4.30. The third-order valence-corrected chi connectivity index (χ3v) is 4.30. The van der Waals surface area contributed by atoms with Crippen molar-refractivity contribution < 1.29 is 13.9 Å². The molecule has 1 amide bonds. The van der Waals surface area contributed by atoms with Crippen LogP contribution in [0.1, 0.15) is 43.8 Å². The lowest BCUT2D eigenvalue weighted by Crippen LogP contribution is -2.36. The number of ether oxygens (including phenoxy) is 1. The minimum atomic E-state index is -0.629. The average Bonchev–Trinajstić information content (AvgIpc) is 3.17. The Kier molecular flexibility index (Phi) is 6.17. The van der Waals surface area contributed by atoms with E-state index in [4.69, 9.17) is 10.00 Å². The minimum Gasteiger partial charge on any atom is -0.444 e. The van der Waals surface area contributed by atoms with Crippen molar-refractivity contribution in [3.05, 3.63) is 77.5 Å². The first kappa shape index (κ1) is 21.1. The fourth-order valence-corrected chi connectivity index (χ4v) is 2.95. The van der Waals surface area contributed by atoms with Crippen LogP contribution in [0, 0.1) is 17.1 Å². The number of carbonyl (C=O) groups is 1. The van der Waals surface area contributed by atoms with E-state index in [9.17, 15) is 9.18 Å². The van der Waals surface area contributed by atoms with Gasteiger partial charge in [-0.25, -0.2) is 14.2 Å². The second-order valence-corrected chi connectivity index (χ2v) is 7.88. The molecule has 1 aromatic heterocycles. The number of benzene rings is 2. The van der Waals surface area contributed by atoms with Crippen molar-refractivity contribution in [2.24, 2.45) is 0 Å². The molecule has 0 saturated heterocycles. The number of rotatable bonds is 5. The van der Waals surface area contributed by atoms with Gasteiger partial charge in [0.1, 0.15) is 23.3 Å². The summed E-state index contributed by atoms with van der Waals surface area (Å²) in [5.74, 6) is -0.0802. The van der Waals surface area contributed by atoms with Gasteiger partial charge in [-0.15, -0.1) is 0 Å². The van der Waals surface area contributed by atoms with Crippen LogP contribution in [0.25, 0.3) is 11.3 Å². The molecule has 30 heavy (non-hydrogen) atoms. The molecule has 7 heteroatoms. The first-order valence-electron chi connectivity index (χ1n) is 9.53. The van der Waals surface area contributed by atoms with E-state index in [1.54, 1.807) is 39.1 Å². The number of amides is 1. The molecule has 3 rings (SSSR count). The number of aromatic amines is 1. The molecule has 154 valence electrons. The predicted octanol–water partition coefficient (Wildman–Crippen LogP) is 4.90. The molecule has 0 aliphatic heterocycles. The summed E-state index contributed by atoms with van der Waals surface area (Å²) < 4.78 is 19.4. The number of hydrogen-bond acceptors (Lipinski definition) is 4. The maximum atomic E-state index is 14.0. The molecule has 0 fully saturated rings. The summed E-state index contributed by atoms with van der Waals surface area (Å²) in [6, 6.07) is 15.4. The first-order chi connectivity index (χ1) is 14.2. The number of carbonyl (C=O) groups excluding carboxylic acids is 1. The average molecular weight is 406 g/mol. The molecule has 1 atom stereocenters. The van der Waals surface area contributed by atoms with E-state index in [1.807, 2.05) is 30.3 Å². The lowest BCUT2D eigenvalue weighted by atomic mass is 10.1. The zero-order valence-corrected chi connectivity index (χ0v) is 17.1. The minimum absolute atomic E-state index is 0.0213. The van der Waals surface area contributed by atoms with Crippen molar-refractivity contribution in [1.29, 1.82) is 5.26 Å². The van der Waals surface area contributed by atoms with Crippen molar-refractivity contribution in [3.8, 4) is 17.3 Å². The smallest absolute Gasteiger partial charge is 0.408 e. The highest BCUT2D eigenvalue weighted by Gasteiger charge is 2.23. The number of nitriles is 1. The molecular weight excluding hydrogens is 383 g/mol. The monoisotopic (exact) mass is 406 g/mol. The Bertz CT molecular complexity index is 1060. The summed E-state index contributed by atoms with van der Waals surface area (Å²) in [4.78, 5) is 19.9. The van der Waals surface area contributed by atoms with Gasteiger partial charge in [0.2, 0.25) is 0 Å². The molecule has 0 bridgehead atoms. The van der Waals surface area contributed by atoms with Crippen LogP contribution in [0.15, 0.2) is 54.7 Å². The maximum Gasteiger partial charge on any atom is 0.408 e. The number of imidazole rings is 1. The fraction of sp³-hybridized carbons (Fsp3) is 0.261. The van der Waals surface area contributed by atoms with Crippen molar-refractivity contribution in [2.75, 3.05) is 0 Å². The van der Waals surface area contributed by atoms with Crippen LogP contribution < -0.4 is 5.32 Å². The topological polar surface area (TPSA) is 90.8 Å². The van der Waals surface area contributed by atoms with Gasteiger partial charge in [-0.3, -0.25) is 0 Å². The van der Waals surface area contributed by atoms with Gasteiger partial charge in [-0.05, 0) is 38.5 Å². The van der Waals surface area contributed by atoms with Crippen LogP contribution in [-0.2, 0) is 11.2 Å². The number of nitrogens with zero attached hydrogens (tertiary/aromatic N) is 2. The van der Waals surface area contributed by atoms with E-state index in [1.165, 1.54) is 12.1 Å². The van der Waals surface area contributed by atoms with Crippen LogP contribution in [0.3, 0.4) is 0 Å². The van der Waals surface area contributed by atoms with E-state index >= 15 is 0 Å². The van der Waals surface area contributed by atoms with E-state index in [0.717, 1.165) is 5.56 Å². The molecule has 0 unspecified atom stereocenters. The number of alkyl carbamates (subject to hydrolysis) is 1. The second-order valence-electron chi connectivity index (χ2n) is 7.88. The van der Waals surface area contributed by atoms with Crippen molar-refractivity contribution >= 4 is 6.09 Å². The van der Waals surface area contributed by atoms with Gasteiger partial charge in [-0.2, -0.15) is 5.26 Å². The Hall–Kier alpha value is -3.66. The van der Waals surface area contributed by atoms with Crippen molar-refractivity contribution in [1.82, 2.24) is 15.3 Å². The summed E-state index contributed by atoms with van der Waals surface area (Å²) in [6.45, 7) is 5.38. The Morgan fingerprint density at radius 3 is 2.63 bits per heavy atom. The highest BCUT2D eigenvalue weighted by atomic mass is 19.1. The number of halogens is 1. The van der Waals surface area contributed by atoms with Crippen molar-refractivity contribution in [2.45, 2.75) is 38.8 Å². The van der Waals surface area contributed by atoms with Gasteiger partial charge in [0.05, 0.1) is 23.5 Å². The highest BCUT2D eigenvalue weighted by molar-refractivity contribution is 5.68. The highest BCUT2D eigenvalue weighted by Crippen LogP contribution is 2.24. The van der Waals surface area contributed by atoms with E-state index in [-0.39, 0.29) is 5.56 Å². The Labute approximate surface area is 174 Å². The van der Waals surface area contributed by atoms with Crippen LogP contribution >= 0.6 is 0 Å². The molecule has 0 spiro atoms. The molecule has 2 aromatic carbocycles. The lowest BCUT2D eigenvalue weighted by molar-refractivity contribution is 0.0501. The van der Waals surface area contributed by atoms with Crippen molar-refractivity contribution in [3.63, 3.8) is 0 Å². The summed E-state index contributed by atoms with van der Waals surface area (Å²) in [5, 5.41) is 11.8. The van der Waals surface area contributed by atoms with Gasteiger partial charge in [-0.1, -0.05) is 36.4 Å². The molecule has 0 saturated carbocycles. The first-order valence-corrected chi connectivity index (χ1v) is 9.53. The molecule has 6 nitrogen and oxygen atoms in total. The molecule has 0 radical (unpaired) electrons. The number of H-pyrrole nitrogens is 1. The van der Waals surface area contributed by atoms with Crippen LogP contribution in [-0.4, -0.2) is 21.7 Å². The number of hydrogen-bond donors (Lipinski definition) is 2. The quantitative estimate of drug-likeness (QED) is 0.631. The zero-order valence-electron chi connectivity index (χ0n) is 17.1. The molecule has 1 heterocycles. The summed E-state index contributed by atoms with van der Waals surface area (Å²) in [5.41, 5.74) is 1.50. The zero-order chi connectivity index (χ0) is 21.7. The van der Waals surface area contributed by atoms with Crippen LogP contribution in [0.5, 0.6) is 0 Å². The number of nitrogens with one attached hydrogen (secondary N) is 2. The Morgan fingerprint density at radius 1 is 1.27 bits per heavy atom. The van der Waals surface area contributed by atoms with Gasteiger partial charge in [0.15, 0.2) is 0 Å². The molecular formula is C23H23FN4O2. The Morgan fingerprint density at radius 2 is 2.00 bits per heavy atom. The van der Waals surface area contributed by atoms with Gasteiger partial charge in [0, 0.05) is 12.0 Å².